The van der Waals surface area contributed by atoms with Crippen LogP contribution in [0.1, 0.15) is 25.8 Å². The van der Waals surface area contributed by atoms with Crippen LogP contribution in [0.2, 0.25) is 0 Å². The molecule has 100 valence electrons. The monoisotopic (exact) mass is 276 g/mol. The van der Waals surface area contributed by atoms with Crippen molar-refractivity contribution in [1.29, 1.82) is 0 Å². The molecule has 0 aliphatic carbocycles. The van der Waals surface area contributed by atoms with E-state index in [1.54, 1.807) is 18.4 Å². The Labute approximate surface area is 116 Å². The van der Waals surface area contributed by atoms with Crippen molar-refractivity contribution in [2.75, 3.05) is 12.4 Å². The number of rotatable bonds is 4. The Morgan fingerprint density at radius 2 is 2.11 bits per heavy atom. The number of nitrogens with one attached hydrogen (secondary N) is 2. The van der Waals surface area contributed by atoms with E-state index in [1.165, 1.54) is 22.8 Å². The first-order chi connectivity index (χ1) is 9.10. The van der Waals surface area contributed by atoms with Gasteiger partial charge in [-0.05, 0) is 25.5 Å². The third kappa shape index (κ3) is 3.29. The molecule has 0 aromatic carbocycles. The van der Waals surface area contributed by atoms with E-state index in [0.717, 1.165) is 4.88 Å². The molecule has 5 nitrogen and oxygen atoms in total. The molecule has 19 heavy (non-hydrogen) atoms. The highest BCUT2D eigenvalue weighted by molar-refractivity contribution is 7.12. The van der Waals surface area contributed by atoms with Gasteiger partial charge in [-0.1, -0.05) is 0 Å². The molecule has 2 heterocycles. The Balaban J connectivity index is 1.96. The first-order valence-electron chi connectivity index (χ1n) is 5.94. The first kappa shape index (κ1) is 13.5. The summed E-state index contributed by atoms with van der Waals surface area (Å²) in [5, 5.41) is 5.70. The van der Waals surface area contributed by atoms with Crippen LogP contribution >= 0.6 is 11.3 Å². The van der Waals surface area contributed by atoms with Gasteiger partial charge in [-0.15, -0.1) is 11.3 Å². The van der Waals surface area contributed by atoms with Crippen LogP contribution in [-0.4, -0.2) is 22.9 Å². The number of aryl methyl sites for hydroxylation is 2. The fourth-order valence-corrected chi connectivity index (χ4v) is 2.56. The summed E-state index contributed by atoms with van der Waals surface area (Å²) >= 11 is 1.70. The minimum atomic E-state index is -0.209. The van der Waals surface area contributed by atoms with Gasteiger partial charge in [-0.3, -0.25) is 4.79 Å². The molecule has 0 radical (unpaired) electrons. The fourth-order valence-electron chi connectivity index (χ4n) is 1.57. The zero-order valence-corrected chi connectivity index (χ0v) is 12.0. The molecule has 2 rings (SSSR count). The average Bonchev–Trinajstić information content (AvgIpc) is 2.75. The molecule has 0 bridgehead atoms. The quantitative estimate of drug-likeness (QED) is 0.897. The second-order valence-corrected chi connectivity index (χ2v) is 5.51. The van der Waals surface area contributed by atoms with E-state index >= 15 is 0 Å². The first-order valence-corrected chi connectivity index (χ1v) is 6.75. The summed E-state index contributed by atoms with van der Waals surface area (Å²) in [4.78, 5) is 22.4. The Morgan fingerprint density at radius 3 is 2.63 bits per heavy atom. The maximum absolute atomic E-state index is 11.9. The molecule has 1 amide bonds. The Hall–Kier alpha value is -1.95. The topological polar surface area (TPSA) is 66.9 Å². The van der Waals surface area contributed by atoms with Gasteiger partial charge in [0, 0.05) is 16.8 Å². The van der Waals surface area contributed by atoms with Crippen LogP contribution in [0.3, 0.4) is 0 Å². The van der Waals surface area contributed by atoms with Gasteiger partial charge in [-0.2, -0.15) is 0 Å². The second kappa shape index (κ2) is 5.79. The van der Waals surface area contributed by atoms with E-state index < -0.39 is 0 Å². The lowest BCUT2D eigenvalue weighted by atomic mass is 10.3. The summed E-state index contributed by atoms with van der Waals surface area (Å²) in [6, 6.07) is 2.09. The summed E-state index contributed by atoms with van der Waals surface area (Å²) in [7, 11) is 1.76. The molecule has 0 atom stereocenters. The third-order valence-electron chi connectivity index (χ3n) is 2.78. The molecular formula is C13H16N4OS. The molecule has 2 aromatic rings. The minimum Gasteiger partial charge on any atom is -0.372 e. The van der Waals surface area contributed by atoms with Crippen LogP contribution in [0.4, 0.5) is 5.82 Å². The predicted molar refractivity (Wildman–Crippen MR) is 76.5 cm³/mol. The van der Waals surface area contributed by atoms with Gasteiger partial charge in [0.1, 0.15) is 11.5 Å². The molecule has 2 N–H and O–H groups in total. The van der Waals surface area contributed by atoms with Gasteiger partial charge in [0.25, 0.3) is 5.91 Å². The minimum absolute atomic E-state index is 0.209. The zero-order valence-electron chi connectivity index (χ0n) is 11.2. The molecule has 6 heteroatoms. The van der Waals surface area contributed by atoms with Crippen molar-refractivity contribution < 1.29 is 4.79 Å². The van der Waals surface area contributed by atoms with E-state index in [-0.39, 0.29) is 5.91 Å². The van der Waals surface area contributed by atoms with Crippen molar-refractivity contribution >= 4 is 23.1 Å². The lowest BCUT2D eigenvalue weighted by molar-refractivity contribution is 0.0946. The highest BCUT2D eigenvalue weighted by Gasteiger charge is 2.08. The van der Waals surface area contributed by atoms with Gasteiger partial charge in [0.15, 0.2) is 0 Å². The van der Waals surface area contributed by atoms with E-state index in [0.29, 0.717) is 18.1 Å². The Bertz CT molecular complexity index is 557. The normalized spacial score (nSPS) is 10.3. The Morgan fingerprint density at radius 1 is 1.32 bits per heavy atom. The molecule has 0 saturated heterocycles. The SMILES string of the molecule is CNc1cnc(C(=O)NCc2cc(C)c(C)s2)cn1. The Kier molecular flexibility index (Phi) is 4.11. The van der Waals surface area contributed by atoms with Crippen molar-refractivity contribution in [2.24, 2.45) is 0 Å². The number of anilines is 1. The van der Waals surface area contributed by atoms with Gasteiger partial charge < -0.3 is 10.6 Å². The van der Waals surface area contributed by atoms with Gasteiger partial charge in [0.05, 0.1) is 18.9 Å². The molecule has 0 aliphatic heterocycles. The van der Waals surface area contributed by atoms with E-state index in [2.05, 4.69) is 40.5 Å². The summed E-state index contributed by atoms with van der Waals surface area (Å²) < 4.78 is 0. The van der Waals surface area contributed by atoms with Crippen molar-refractivity contribution in [2.45, 2.75) is 20.4 Å². The molecule has 0 spiro atoms. The van der Waals surface area contributed by atoms with E-state index in [4.69, 9.17) is 0 Å². The summed E-state index contributed by atoms with van der Waals surface area (Å²) in [6.07, 6.45) is 3.00. The van der Waals surface area contributed by atoms with Crippen molar-refractivity contribution in [1.82, 2.24) is 15.3 Å². The largest absolute Gasteiger partial charge is 0.372 e. The van der Waals surface area contributed by atoms with Gasteiger partial charge >= 0.3 is 0 Å². The van der Waals surface area contributed by atoms with Gasteiger partial charge in [-0.25, -0.2) is 9.97 Å². The highest BCUT2D eigenvalue weighted by Crippen LogP contribution is 2.20. The number of hydrogen-bond donors (Lipinski definition) is 2. The summed E-state index contributed by atoms with van der Waals surface area (Å²) in [5.74, 6) is 0.430. The molecular weight excluding hydrogens is 260 g/mol. The van der Waals surface area contributed by atoms with E-state index in [9.17, 15) is 4.79 Å². The molecule has 0 unspecified atom stereocenters. The van der Waals surface area contributed by atoms with Crippen LogP contribution in [0.15, 0.2) is 18.5 Å². The van der Waals surface area contributed by atoms with E-state index in [1.807, 2.05) is 0 Å². The number of amides is 1. The number of nitrogens with zero attached hydrogens (tertiary/aromatic N) is 2. The number of carbonyl (C=O) groups excluding carboxylic acids is 1. The molecule has 0 fully saturated rings. The lowest BCUT2D eigenvalue weighted by Gasteiger charge is -2.03. The third-order valence-corrected chi connectivity index (χ3v) is 3.93. The molecule has 0 saturated carbocycles. The predicted octanol–water partition coefficient (Wildman–Crippen LogP) is 2.13. The number of thiophene rings is 1. The van der Waals surface area contributed by atoms with Crippen molar-refractivity contribution in [3.05, 3.63) is 39.5 Å². The maximum Gasteiger partial charge on any atom is 0.271 e. The summed E-state index contributed by atoms with van der Waals surface area (Å²) in [6.45, 7) is 4.67. The second-order valence-electron chi connectivity index (χ2n) is 4.17. The lowest BCUT2D eigenvalue weighted by Crippen LogP contribution is -2.23. The number of carbonyl (C=O) groups is 1. The maximum atomic E-state index is 11.9. The fraction of sp³-hybridized carbons (Fsp3) is 0.308. The van der Waals surface area contributed by atoms with Crippen LogP contribution in [0.25, 0.3) is 0 Å². The molecule has 0 aliphatic rings. The average molecular weight is 276 g/mol. The van der Waals surface area contributed by atoms with Crippen LogP contribution in [0, 0.1) is 13.8 Å². The smallest absolute Gasteiger partial charge is 0.271 e. The van der Waals surface area contributed by atoms with Crippen molar-refractivity contribution in [3.63, 3.8) is 0 Å². The number of aromatic nitrogens is 2. The number of hydrogen-bond acceptors (Lipinski definition) is 5. The zero-order chi connectivity index (χ0) is 13.8. The van der Waals surface area contributed by atoms with Crippen LogP contribution in [0.5, 0.6) is 0 Å². The van der Waals surface area contributed by atoms with Crippen LogP contribution < -0.4 is 10.6 Å². The van der Waals surface area contributed by atoms with Crippen LogP contribution in [-0.2, 0) is 6.54 Å². The highest BCUT2D eigenvalue weighted by atomic mass is 32.1. The summed E-state index contributed by atoms with van der Waals surface area (Å²) in [5.41, 5.74) is 1.58. The van der Waals surface area contributed by atoms with Crippen molar-refractivity contribution in [3.8, 4) is 0 Å². The molecule has 2 aromatic heterocycles. The van der Waals surface area contributed by atoms with Gasteiger partial charge in [0.2, 0.25) is 0 Å². The standard InChI is InChI=1S/C13H16N4OS/c1-8-4-10(19-9(8)2)5-17-13(18)11-6-16-12(14-3)7-15-11/h4,6-7H,5H2,1-3H3,(H,14,16)(H,17,18).